The molecule has 3 N–H and O–H groups in total. The van der Waals surface area contributed by atoms with Gasteiger partial charge in [-0.05, 0) is 85.8 Å². The second-order valence-electron chi connectivity index (χ2n) is 11.0. The Morgan fingerprint density at radius 1 is 0.902 bits per heavy atom. The Hall–Kier alpha value is -4.65. The number of amides is 3. The lowest BCUT2D eigenvalue weighted by Gasteiger charge is -2.13. The highest BCUT2D eigenvalue weighted by Gasteiger charge is 2.19. The van der Waals surface area contributed by atoms with E-state index in [4.69, 9.17) is 27.6 Å². The number of carbonyl (C=O) groups is 3. The van der Waals surface area contributed by atoms with Crippen molar-refractivity contribution in [1.29, 1.82) is 0 Å². The minimum absolute atomic E-state index is 0.00650. The molecule has 0 spiro atoms. The summed E-state index contributed by atoms with van der Waals surface area (Å²) in [4.78, 5) is 44.9. The van der Waals surface area contributed by atoms with Gasteiger partial charge >= 0.3 is 0 Å². The van der Waals surface area contributed by atoms with E-state index in [9.17, 15) is 14.4 Å². The number of hydrogen-bond donors (Lipinski definition) is 3. The van der Waals surface area contributed by atoms with Gasteiger partial charge in [0.1, 0.15) is 17.2 Å². The maximum absolute atomic E-state index is 13.5. The van der Waals surface area contributed by atoms with Crippen LogP contribution in [0.4, 0.5) is 10.8 Å². The summed E-state index contributed by atoms with van der Waals surface area (Å²) in [6.45, 7) is 1.80. The van der Waals surface area contributed by atoms with E-state index in [1.165, 1.54) is 29.2 Å². The fourth-order valence-corrected chi connectivity index (χ4v) is 7.07. The summed E-state index contributed by atoms with van der Waals surface area (Å²) in [5.74, 6) is -0.216. The molecule has 0 bridgehead atoms. The number of nitrogens with zero attached hydrogens (tertiary/aromatic N) is 1. The summed E-state index contributed by atoms with van der Waals surface area (Å²) in [6, 6.07) is 32.0. The Labute approximate surface area is 320 Å². The molecule has 0 radical (unpaired) electrons. The SMILES string of the molecule is C[C@H](Sc1ccc(NC(=O)/C(=C/c2ccc(-c3ccc(Br)cc3)o2)NC(=O)c2ccccc2)cc1)C(=O)Nc1nc(-c2ccc(Cl)cc2Cl)cs1. The molecule has 2 aromatic heterocycles. The molecule has 0 aliphatic heterocycles. The number of carbonyl (C=O) groups excluding carboxylic acids is 3. The zero-order chi connectivity index (χ0) is 35.9. The van der Waals surface area contributed by atoms with Crippen LogP contribution in [0.2, 0.25) is 10.0 Å². The van der Waals surface area contributed by atoms with Crippen LogP contribution in [0.3, 0.4) is 0 Å². The third-order valence-electron chi connectivity index (χ3n) is 7.31. The van der Waals surface area contributed by atoms with Gasteiger partial charge in [-0.25, -0.2) is 4.98 Å². The molecule has 0 aliphatic rings. The Kier molecular flexibility index (Phi) is 11.8. The fourth-order valence-electron chi connectivity index (χ4n) is 4.72. The van der Waals surface area contributed by atoms with Gasteiger partial charge in [-0.1, -0.05) is 69.5 Å². The first-order chi connectivity index (χ1) is 24.6. The summed E-state index contributed by atoms with van der Waals surface area (Å²) in [5.41, 5.74) is 3.11. The average molecular weight is 819 g/mol. The van der Waals surface area contributed by atoms with Crippen LogP contribution in [-0.4, -0.2) is 28.0 Å². The first-order valence-electron chi connectivity index (χ1n) is 15.3. The maximum atomic E-state index is 13.5. The average Bonchev–Trinajstić information content (AvgIpc) is 3.79. The number of hydrogen-bond acceptors (Lipinski definition) is 7. The Morgan fingerprint density at radius 3 is 2.37 bits per heavy atom. The second-order valence-corrected chi connectivity index (χ2v) is 15.0. The van der Waals surface area contributed by atoms with Crippen LogP contribution < -0.4 is 16.0 Å². The van der Waals surface area contributed by atoms with Crippen LogP contribution in [0.25, 0.3) is 28.7 Å². The number of halogens is 3. The van der Waals surface area contributed by atoms with Gasteiger partial charge in [0, 0.05) is 48.2 Å². The van der Waals surface area contributed by atoms with Crippen molar-refractivity contribution in [2.75, 3.05) is 10.6 Å². The second kappa shape index (κ2) is 16.6. The lowest BCUT2D eigenvalue weighted by molar-refractivity contribution is -0.115. The molecule has 256 valence electrons. The van der Waals surface area contributed by atoms with E-state index >= 15 is 0 Å². The van der Waals surface area contributed by atoms with Crippen molar-refractivity contribution in [2.45, 2.75) is 17.1 Å². The molecule has 3 amide bonds. The predicted molar refractivity (Wildman–Crippen MR) is 210 cm³/mol. The molecule has 6 aromatic rings. The van der Waals surface area contributed by atoms with Crippen LogP contribution in [0.15, 0.2) is 134 Å². The Bertz CT molecular complexity index is 2220. The van der Waals surface area contributed by atoms with E-state index in [0.29, 0.717) is 43.6 Å². The highest BCUT2D eigenvalue weighted by Crippen LogP contribution is 2.33. The molecule has 0 fully saturated rings. The third-order valence-corrected chi connectivity index (χ3v) is 10.3. The van der Waals surface area contributed by atoms with Gasteiger partial charge in [0.05, 0.1) is 16.0 Å². The molecule has 2 heterocycles. The molecule has 0 saturated heterocycles. The predicted octanol–water partition coefficient (Wildman–Crippen LogP) is 10.7. The molecular weight excluding hydrogens is 791 g/mol. The van der Waals surface area contributed by atoms with E-state index in [1.807, 2.05) is 29.6 Å². The van der Waals surface area contributed by atoms with E-state index in [-0.39, 0.29) is 11.6 Å². The monoisotopic (exact) mass is 816 g/mol. The fraction of sp³-hybridized carbons (Fsp3) is 0.0526. The van der Waals surface area contributed by atoms with Gasteiger partial charge in [-0.2, -0.15) is 0 Å². The molecule has 13 heteroatoms. The van der Waals surface area contributed by atoms with Crippen molar-refractivity contribution >= 4 is 96.8 Å². The van der Waals surface area contributed by atoms with Gasteiger partial charge in [0.2, 0.25) is 5.91 Å². The molecular formula is C38H27BrCl2N4O4S2. The summed E-state index contributed by atoms with van der Waals surface area (Å²) < 4.78 is 6.94. The zero-order valence-corrected chi connectivity index (χ0v) is 31.4. The molecule has 6 rings (SSSR count). The van der Waals surface area contributed by atoms with Gasteiger partial charge in [0.25, 0.3) is 11.8 Å². The van der Waals surface area contributed by atoms with Crippen molar-refractivity contribution in [3.63, 3.8) is 0 Å². The lowest BCUT2D eigenvalue weighted by atomic mass is 10.2. The summed E-state index contributed by atoms with van der Waals surface area (Å²) >= 11 is 18.4. The normalized spacial score (nSPS) is 11.9. The Balaban J connectivity index is 1.11. The highest BCUT2D eigenvalue weighted by molar-refractivity contribution is 9.10. The number of aromatic nitrogens is 1. The molecule has 8 nitrogen and oxygen atoms in total. The number of rotatable bonds is 11. The van der Waals surface area contributed by atoms with Gasteiger partial charge < -0.3 is 20.4 Å². The van der Waals surface area contributed by atoms with Crippen molar-refractivity contribution < 1.29 is 18.8 Å². The van der Waals surface area contributed by atoms with Crippen molar-refractivity contribution in [3.05, 3.63) is 146 Å². The number of furan rings is 1. The van der Waals surface area contributed by atoms with E-state index < -0.39 is 17.1 Å². The molecule has 51 heavy (non-hydrogen) atoms. The first kappa shape index (κ1) is 36.2. The van der Waals surface area contributed by atoms with E-state index in [1.54, 1.807) is 91.9 Å². The smallest absolute Gasteiger partial charge is 0.272 e. The summed E-state index contributed by atoms with van der Waals surface area (Å²) in [6.07, 6.45) is 1.48. The van der Waals surface area contributed by atoms with Crippen LogP contribution in [0.5, 0.6) is 0 Å². The zero-order valence-electron chi connectivity index (χ0n) is 26.7. The molecule has 0 unspecified atom stereocenters. The molecule has 0 aliphatic carbocycles. The Morgan fingerprint density at radius 2 is 1.65 bits per heavy atom. The minimum Gasteiger partial charge on any atom is -0.457 e. The van der Waals surface area contributed by atoms with E-state index in [0.717, 1.165) is 20.5 Å². The van der Waals surface area contributed by atoms with Crippen LogP contribution in [0.1, 0.15) is 23.0 Å². The number of thiazole rings is 1. The number of benzene rings is 4. The van der Waals surface area contributed by atoms with Crippen molar-refractivity contribution in [1.82, 2.24) is 10.3 Å². The highest BCUT2D eigenvalue weighted by atomic mass is 79.9. The van der Waals surface area contributed by atoms with Gasteiger partial charge in [0.15, 0.2) is 5.13 Å². The number of thioether (sulfide) groups is 1. The summed E-state index contributed by atoms with van der Waals surface area (Å²) in [5, 5.41) is 11.3. The quantitative estimate of drug-likeness (QED) is 0.0886. The number of anilines is 2. The number of nitrogens with one attached hydrogen (secondary N) is 3. The molecule has 1 atom stereocenters. The minimum atomic E-state index is -0.545. The van der Waals surface area contributed by atoms with Gasteiger partial charge in [-0.15, -0.1) is 23.1 Å². The third kappa shape index (κ3) is 9.57. The van der Waals surface area contributed by atoms with Gasteiger partial charge in [-0.3, -0.25) is 14.4 Å². The standard InChI is InChI=1S/C38H27BrCl2N4O4S2/c1-22(35(46)45-38-44-33(21-50-38)30-17-11-26(40)19-31(30)41)51-29-15-12-27(13-16-29)42-37(48)32(43-36(47)24-5-3-2-4-6-24)20-28-14-18-34(49-28)23-7-9-25(39)10-8-23/h2-22H,1H3,(H,42,48)(H,43,47)(H,44,45,46)/b32-20-/t22-/m0/s1. The van der Waals surface area contributed by atoms with E-state index in [2.05, 4.69) is 36.9 Å². The molecule has 4 aromatic carbocycles. The topological polar surface area (TPSA) is 113 Å². The van der Waals surface area contributed by atoms with Crippen LogP contribution in [0, 0.1) is 0 Å². The van der Waals surface area contributed by atoms with Crippen LogP contribution in [-0.2, 0) is 9.59 Å². The molecule has 0 saturated carbocycles. The summed E-state index contributed by atoms with van der Waals surface area (Å²) in [7, 11) is 0. The van der Waals surface area contributed by atoms with Crippen molar-refractivity contribution in [2.24, 2.45) is 0 Å². The van der Waals surface area contributed by atoms with Crippen LogP contribution >= 0.6 is 62.2 Å². The lowest BCUT2D eigenvalue weighted by Crippen LogP contribution is -2.30. The largest absolute Gasteiger partial charge is 0.457 e. The first-order valence-corrected chi connectivity index (χ1v) is 18.7. The maximum Gasteiger partial charge on any atom is 0.272 e. The van der Waals surface area contributed by atoms with Crippen molar-refractivity contribution in [3.8, 4) is 22.6 Å².